The second kappa shape index (κ2) is 34.7. The number of hydrogen-bond acceptors (Lipinski definition) is 11. The molecule has 0 bridgehead atoms. The molecule has 3 atom stereocenters. The summed E-state index contributed by atoms with van der Waals surface area (Å²) < 4.78 is 116. The number of ether oxygens (including phenoxy) is 2. The van der Waals surface area contributed by atoms with E-state index in [0.717, 1.165) is 87.1 Å². The van der Waals surface area contributed by atoms with Crippen molar-refractivity contribution < 1.29 is 59.0 Å². The molecule has 4 fully saturated rings. The number of benzene rings is 4. The van der Waals surface area contributed by atoms with Crippen LogP contribution in [0.1, 0.15) is 89.6 Å². The summed E-state index contributed by atoms with van der Waals surface area (Å²) >= 11 is 1.85. The second-order valence-corrected chi connectivity index (χ2v) is 25.8. The van der Waals surface area contributed by atoms with Gasteiger partial charge in [-0.25, -0.2) is 54.1 Å². The Bertz CT molecular complexity index is 3450. The first-order valence-electron chi connectivity index (χ1n) is 29.5. The van der Waals surface area contributed by atoms with E-state index in [1.807, 2.05) is 64.1 Å². The summed E-state index contributed by atoms with van der Waals surface area (Å²) in [7, 11) is 3.10. The molecule has 6 heterocycles. The molecule has 91 heavy (non-hydrogen) atoms. The fourth-order valence-electron chi connectivity index (χ4n) is 9.95. The van der Waals surface area contributed by atoms with Crippen molar-refractivity contribution in [2.24, 2.45) is 31.8 Å². The molecule has 0 radical (unpaired) electrons. The van der Waals surface area contributed by atoms with Gasteiger partial charge in [-0.3, -0.25) is 14.4 Å². The van der Waals surface area contributed by atoms with E-state index in [9.17, 15) is 59.1 Å². The number of hydrogen-bond donors (Lipinski definition) is 2. The number of nitrogens with two attached hydrogens (primary N) is 1. The number of aryl methyl sites for hydroxylation is 2. The van der Waals surface area contributed by atoms with Gasteiger partial charge in [0.2, 0.25) is 5.91 Å². The van der Waals surface area contributed by atoms with Crippen molar-refractivity contribution in [3.05, 3.63) is 202 Å². The van der Waals surface area contributed by atoms with Crippen molar-refractivity contribution in [3.8, 4) is 0 Å². The normalized spacial score (nSPS) is 16.8. The Morgan fingerprint density at radius 3 is 1.36 bits per heavy atom. The van der Waals surface area contributed by atoms with E-state index in [4.69, 9.17) is 15.2 Å². The van der Waals surface area contributed by atoms with E-state index in [0.29, 0.717) is 77.7 Å². The van der Waals surface area contributed by atoms with Crippen LogP contribution in [-0.4, -0.2) is 116 Å². The van der Waals surface area contributed by atoms with Crippen LogP contribution in [0.15, 0.2) is 119 Å². The zero-order valence-electron chi connectivity index (χ0n) is 52.5. The van der Waals surface area contributed by atoms with Crippen molar-refractivity contribution in [1.82, 2.24) is 39.6 Å². The summed E-state index contributed by atoms with van der Waals surface area (Å²) in [6, 6.07) is 20.0. The second-order valence-electron chi connectivity index (χ2n) is 24.6. The van der Waals surface area contributed by atoms with Gasteiger partial charge >= 0.3 is 12.2 Å². The number of anilines is 1. The first-order valence-corrected chi connectivity index (χ1v) is 30.6. The molecule has 4 aromatic carbocycles. The Balaban J connectivity index is 0.000000207. The van der Waals surface area contributed by atoms with E-state index in [-0.39, 0.29) is 47.5 Å². The highest BCUT2D eigenvalue weighted by atomic mass is 127. The highest BCUT2D eigenvalue weighted by Gasteiger charge is 2.31. The number of halogens is 9. The maximum Gasteiger partial charge on any atom is 0.410 e. The van der Waals surface area contributed by atoms with Gasteiger partial charge in [0, 0.05) is 93.3 Å². The minimum absolute atomic E-state index is 0.0564. The summed E-state index contributed by atoms with van der Waals surface area (Å²) in [5.74, 6) is -3.09. The lowest BCUT2D eigenvalue weighted by Gasteiger charge is -2.24. The number of likely N-dealkylation sites (tertiary alicyclic amines) is 3. The largest absolute Gasteiger partial charge is 0.444 e. The summed E-state index contributed by atoms with van der Waals surface area (Å²) in [6.07, 6.45) is 5.06. The van der Waals surface area contributed by atoms with Gasteiger partial charge < -0.3 is 35.2 Å². The molecule has 3 unspecified atom stereocenters. The Morgan fingerprint density at radius 2 is 0.978 bits per heavy atom. The van der Waals surface area contributed by atoms with Crippen LogP contribution < -0.4 is 22.2 Å². The molecule has 3 amide bonds. The van der Waals surface area contributed by atoms with Crippen LogP contribution in [-0.2, 0) is 54.0 Å². The van der Waals surface area contributed by atoms with Crippen molar-refractivity contribution in [1.29, 1.82) is 0 Å². The number of aromatic nitrogens is 4. The zero-order chi connectivity index (χ0) is 67.3. The van der Waals surface area contributed by atoms with Crippen LogP contribution >= 0.6 is 22.6 Å². The van der Waals surface area contributed by atoms with Crippen LogP contribution in [0.5, 0.6) is 0 Å². The molecule has 10 rings (SSSR count). The molecule has 4 saturated heterocycles. The Labute approximate surface area is 538 Å². The van der Waals surface area contributed by atoms with Gasteiger partial charge in [-0.15, -0.1) is 0 Å². The average Bonchev–Trinajstić information content (AvgIpc) is 2.99. The number of nitrogens with one attached hydrogen (secondary N) is 1. The molecule has 16 nitrogen and oxygen atoms in total. The third-order valence-corrected chi connectivity index (χ3v) is 14.7. The van der Waals surface area contributed by atoms with Crippen LogP contribution in [0.2, 0.25) is 0 Å². The number of amides is 3. The minimum Gasteiger partial charge on any atom is -0.444 e. The molecule has 0 saturated carbocycles. The lowest BCUT2D eigenvalue weighted by atomic mass is 9.98. The topological polar surface area (TPSA) is 187 Å². The number of nitrogens with zero attached hydrogens (tertiary/aromatic N) is 7. The smallest absolute Gasteiger partial charge is 0.410 e. The third kappa shape index (κ3) is 27.8. The van der Waals surface area contributed by atoms with Crippen LogP contribution in [0.4, 0.5) is 50.5 Å². The van der Waals surface area contributed by atoms with Crippen LogP contribution in [0.25, 0.3) is 0 Å². The average molecular weight is 1390 g/mol. The van der Waals surface area contributed by atoms with E-state index >= 15 is 0 Å². The predicted molar refractivity (Wildman–Crippen MR) is 339 cm³/mol. The monoisotopic (exact) mass is 1390 g/mol. The van der Waals surface area contributed by atoms with E-state index in [2.05, 4.69) is 22.1 Å². The molecule has 25 heteroatoms. The summed E-state index contributed by atoms with van der Waals surface area (Å²) in [5.41, 5.74) is 7.61. The zero-order valence-corrected chi connectivity index (χ0v) is 54.6. The highest BCUT2D eigenvalue weighted by Crippen LogP contribution is 2.26. The van der Waals surface area contributed by atoms with Gasteiger partial charge in [0.15, 0.2) is 0 Å². The highest BCUT2D eigenvalue weighted by molar-refractivity contribution is 14.1. The van der Waals surface area contributed by atoms with Gasteiger partial charge in [-0.1, -0.05) is 12.2 Å². The molecule has 494 valence electrons. The standard InChI is InChI=1S/C18H19F2N3O2.C16H21F2NO2.C11H13F2N.C10H17NO2.C6H3F2I.C5H7N3O/c1-22-17(24)3-2-16(21-22)10-18(25)23-5-4-12(11-23)6-13-7-14(19)9-15(20)8-13;1-16(2,3)21-15(20)19-5-4-11(10-19)6-12-7-13(17)9-14(18)8-12;12-10-4-9(5-11(13)6-10)3-8-1-2-14-7-8;1-8-5-6-11(7-8)9(12)13-10(2,3)4;7-4-1-5(8)3-6(9)2-4;1-8-5(9)3-2-4(6)7-8/h2-3,7-9,12H,4-6,10-11H2,1H3;7-9,11H,4-6,10H2,1-3H3;4-6,8,14H,1-3,7H2;1,5-7H2,2-4H3;1-3H;2-3H,1H3,(H2,6,7). The molecule has 4 aliphatic rings. The summed E-state index contributed by atoms with van der Waals surface area (Å²) in [4.78, 5) is 62.9. The Kier molecular flexibility index (Phi) is 28.2. The Hall–Kier alpha value is -7.68. The quantitative estimate of drug-likeness (QED) is 0.0839. The van der Waals surface area contributed by atoms with Crippen molar-refractivity contribution >= 4 is 46.5 Å². The maximum atomic E-state index is 13.3. The first kappa shape index (κ1) is 74.1. The predicted octanol–water partition coefficient (Wildman–Crippen LogP) is 11.7. The molecular formula is C66H80F8IN9O7. The fourth-order valence-corrected chi connectivity index (χ4v) is 10.5. The molecule has 0 aliphatic carbocycles. The van der Waals surface area contributed by atoms with Crippen molar-refractivity contribution in [3.63, 3.8) is 0 Å². The lowest BCUT2D eigenvalue weighted by molar-refractivity contribution is -0.129. The van der Waals surface area contributed by atoms with E-state index in [1.165, 1.54) is 76.1 Å². The Morgan fingerprint density at radius 1 is 0.571 bits per heavy atom. The molecular weight excluding hydrogens is 1310 g/mol. The molecule has 4 aliphatic heterocycles. The number of nitrogen functional groups attached to an aromatic ring is 1. The molecule has 3 N–H and O–H groups in total. The summed E-state index contributed by atoms with van der Waals surface area (Å²) in [6.45, 7) is 20.7. The van der Waals surface area contributed by atoms with Crippen LogP contribution in [0.3, 0.4) is 0 Å². The first-order chi connectivity index (χ1) is 42.6. The fraction of sp³-hybridized carbons (Fsp3) is 0.439. The molecule has 2 aromatic heterocycles. The van der Waals surface area contributed by atoms with Gasteiger partial charge in [-0.05, 0) is 217 Å². The maximum absolute atomic E-state index is 13.3. The number of rotatable bonds is 8. The number of carbonyl (C=O) groups excluding carboxylic acids is 3. The number of carbonyl (C=O) groups is 3. The van der Waals surface area contributed by atoms with Crippen LogP contribution in [0, 0.1) is 67.9 Å². The van der Waals surface area contributed by atoms with E-state index < -0.39 is 57.7 Å². The SMILES string of the molecule is C=C1CCN(C(=O)OC(C)(C)C)C1.CC(C)(C)OC(=O)N1CCC(Cc2cc(F)cc(F)c2)C1.Cn1nc(CC(=O)N2CCC(Cc3cc(F)cc(F)c3)C2)ccc1=O.Cn1nc(N)ccc1=O.Fc1cc(F)cc(CC2CCNC2)c1.Fc1cc(F)cc(I)c1. The van der Waals surface area contributed by atoms with Gasteiger partial charge in [-0.2, -0.15) is 10.2 Å². The molecule has 0 spiro atoms. The third-order valence-electron chi connectivity index (χ3n) is 14.0. The lowest BCUT2D eigenvalue weighted by Crippen LogP contribution is -2.35. The van der Waals surface area contributed by atoms with Gasteiger partial charge in [0.25, 0.3) is 11.1 Å². The molecule has 6 aromatic rings. The van der Waals surface area contributed by atoms with Gasteiger partial charge in [0.1, 0.15) is 63.6 Å². The van der Waals surface area contributed by atoms with E-state index in [1.54, 1.807) is 34.9 Å². The van der Waals surface area contributed by atoms with Crippen molar-refractivity contribution in [2.75, 3.05) is 58.1 Å². The minimum atomic E-state index is -0.582. The van der Waals surface area contributed by atoms with Gasteiger partial charge in [0.05, 0.1) is 12.1 Å². The summed E-state index contributed by atoms with van der Waals surface area (Å²) in [5, 5.41) is 11.0. The van der Waals surface area contributed by atoms with Crippen molar-refractivity contribution in [2.45, 2.75) is 104 Å².